The lowest BCUT2D eigenvalue weighted by atomic mass is 9.35. The van der Waals surface area contributed by atoms with Gasteiger partial charge in [-0.1, -0.05) is 34.6 Å². The van der Waals surface area contributed by atoms with Crippen molar-refractivity contribution in [1.29, 1.82) is 0 Å². The predicted molar refractivity (Wildman–Crippen MR) is 148 cm³/mol. The second-order valence-corrected chi connectivity index (χ2v) is 15.9. The molecule has 0 aromatic heterocycles. The average molecular weight is 537 g/mol. The van der Waals surface area contributed by atoms with Gasteiger partial charge in [-0.05, 0) is 130 Å². The monoisotopic (exact) mass is 536 g/mol. The number of ether oxygens (including phenoxy) is 2. The maximum Gasteiger partial charge on any atom is 0.508 e. The first-order chi connectivity index (χ1) is 17.4. The highest BCUT2D eigenvalue weighted by atomic mass is 16.7. The van der Waals surface area contributed by atoms with Gasteiger partial charge in [0.15, 0.2) is 0 Å². The van der Waals surface area contributed by atoms with Crippen LogP contribution in [0, 0.1) is 45.3 Å². The molecule has 38 heavy (non-hydrogen) atoms. The predicted octanol–water partition coefficient (Wildman–Crippen LogP) is 6.49. The number of hydrogen-bond donors (Lipinski definition) is 3. The van der Waals surface area contributed by atoms with Crippen molar-refractivity contribution < 1.29 is 29.6 Å². The number of aliphatic hydroxyl groups excluding tert-OH is 2. The van der Waals surface area contributed by atoms with Gasteiger partial charge in [0.1, 0.15) is 5.60 Å². The molecular formula is C32H56O6. The number of carbonyl (C=O) groups excluding carboxylic acids is 1. The zero-order valence-electron chi connectivity index (χ0n) is 25.6. The van der Waals surface area contributed by atoms with Gasteiger partial charge in [-0.2, -0.15) is 0 Å². The van der Waals surface area contributed by atoms with Crippen LogP contribution in [0.4, 0.5) is 4.79 Å². The second-order valence-electron chi connectivity index (χ2n) is 15.9. The van der Waals surface area contributed by atoms with Gasteiger partial charge >= 0.3 is 6.16 Å². The lowest BCUT2D eigenvalue weighted by Gasteiger charge is -2.70. The van der Waals surface area contributed by atoms with Gasteiger partial charge in [-0.25, -0.2) is 4.79 Å². The second kappa shape index (κ2) is 9.62. The minimum absolute atomic E-state index is 0.0363. The summed E-state index contributed by atoms with van der Waals surface area (Å²) in [5.41, 5.74) is -1.49. The molecule has 10 atom stereocenters. The Morgan fingerprint density at radius 2 is 1.53 bits per heavy atom. The summed E-state index contributed by atoms with van der Waals surface area (Å²) in [4.78, 5) is 11.6. The minimum Gasteiger partial charge on any atom is -0.438 e. The molecule has 0 heterocycles. The highest BCUT2D eigenvalue weighted by molar-refractivity contribution is 5.60. The Kier molecular flexibility index (Phi) is 7.62. The summed E-state index contributed by atoms with van der Waals surface area (Å²) in [5, 5.41) is 34.6. The van der Waals surface area contributed by atoms with Gasteiger partial charge in [-0.3, -0.25) is 0 Å². The van der Waals surface area contributed by atoms with Gasteiger partial charge < -0.3 is 24.8 Å². The van der Waals surface area contributed by atoms with E-state index in [1.54, 1.807) is 0 Å². The van der Waals surface area contributed by atoms with E-state index in [9.17, 15) is 20.1 Å². The molecule has 4 saturated carbocycles. The smallest absolute Gasteiger partial charge is 0.438 e. The van der Waals surface area contributed by atoms with Crippen LogP contribution in [0.15, 0.2) is 0 Å². The molecule has 4 aliphatic carbocycles. The Bertz CT molecular complexity index is 896. The van der Waals surface area contributed by atoms with Crippen LogP contribution in [0.1, 0.15) is 120 Å². The minimum atomic E-state index is -0.897. The molecule has 0 unspecified atom stereocenters. The maximum atomic E-state index is 11.9. The lowest BCUT2D eigenvalue weighted by molar-refractivity contribution is -0.246. The van der Waals surface area contributed by atoms with Crippen LogP contribution in [0.3, 0.4) is 0 Å². The summed E-state index contributed by atoms with van der Waals surface area (Å²) < 4.78 is 10.0. The quantitative estimate of drug-likeness (QED) is 0.336. The van der Waals surface area contributed by atoms with Crippen molar-refractivity contribution in [3.8, 4) is 0 Å². The van der Waals surface area contributed by atoms with E-state index in [0.717, 1.165) is 51.4 Å². The standard InChI is InChI=1S/C32H56O6/c1-27(2,38-26(35)37-9)14-10-15-32(8,36)20-11-17-31(7)25(20)21(33)19-23-29(5)16-13-24(34)28(3,4)22(29)12-18-30(23,31)6/h20-25,33-34,36H,10-19H2,1-9H3/t20-,21+,22-,23+,24-,25-,29-,30+,31+,32+/m0/s1. The number of aliphatic hydroxyl groups is 3. The molecule has 0 saturated heterocycles. The molecule has 0 spiro atoms. The average Bonchev–Trinajstić information content (AvgIpc) is 3.18. The first-order valence-corrected chi connectivity index (χ1v) is 15.2. The fraction of sp³-hybridized carbons (Fsp3) is 0.969. The Morgan fingerprint density at radius 1 is 0.895 bits per heavy atom. The summed E-state index contributed by atoms with van der Waals surface area (Å²) >= 11 is 0. The zero-order valence-corrected chi connectivity index (χ0v) is 25.6. The van der Waals surface area contributed by atoms with Gasteiger partial charge in [-0.15, -0.1) is 0 Å². The molecule has 220 valence electrons. The molecule has 0 bridgehead atoms. The van der Waals surface area contributed by atoms with Crippen molar-refractivity contribution in [2.24, 2.45) is 45.3 Å². The number of fused-ring (bicyclic) bond motifs is 5. The lowest BCUT2D eigenvalue weighted by Crippen LogP contribution is -2.66. The molecule has 6 nitrogen and oxygen atoms in total. The van der Waals surface area contributed by atoms with E-state index >= 15 is 0 Å². The molecule has 0 aromatic carbocycles. The largest absolute Gasteiger partial charge is 0.508 e. The van der Waals surface area contributed by atoms with Crippen LogP contribution in [-0.4, -0.2) is 52.0 Å². The first-order valence-electron chi connectivity index (χ1n) is 15.2. The van der Waals surface area contributed by atoms with Gasteiger partial charge in [0, 0.05) is 0 Å². The van der Waals surface area contributed by atoms with Crippen LogP contribution in [0.25, 0.3) is 0 Å². The van der Waals surface area contributed by atoms with Crippen molar-refractivity contribution in [2.45, 2.75) is 143 Å². The SMILES string of the molecule is COC(=O)OC(C)(C)CCC[C@@](C)(O)[C@H]1CC[C@]2(C)[C@@H]1[C@H](O)C[C@@H]1[C@@]3(C)CC[C@H](O)C(C)(C)[C@@H]3CC[C@]12C. The maximum absolute atomic E-state index is 11.9. The van der Waals surface area contributed by atoms with E-state index < -0.39 is 23.5 Å². The summed E-state index contributed by atoms with van der Waals surface area (Å²) in [6.07, 6.45) is 7.49. The van der Waals surface area contributed by atoms with Crippen molar-refractivity contribution >= 4 is 6.16 Å². The number of carbonyl (C=O) groups is 1. The summed E-state index contributed by atoms with van der Waals surface area (Å²) in [5.74, 6) is 0.984. The Hall–Kier alpha value is -0.850. The van der Waals surface area contributed by atoms with E-state index in [4.69, 9.17) is 4.74 Å². The number of rotatable bonds is 6. The van der Waals surface area contributed by atoms with Crippen molar-refractivity contribution in [2.75, 3.05) is 7.11 Å². The van der Waals surface area contributed by atoms with Crippen molar-refractivity contribution in [3.05, 3.63) is 0 Å². The number of hydrogen-bond acceptors (Lipinski definition) is 6. The highest BCUT2D eigenvalue weighted by Gasteiger charge is 2.71. The number of methoxy groups -OCH3 is 1. The normalized spacial score (nSPS) is 45.8. The molecular weight excluding hydrogens is 480 g/mol. The molecule has 4 fully saturated rings. The first kappa shape index (κ1) is 30.1. The molecule has 0 aromatic rings. The van der Waals surface area contributed by atoms with E-state index in [1.807, 2.05) is 20.8 Å². The van der Waals surface area contributed by atoms with Gasteiger partial charge in [0.2, 0.25) is 0 Å². The molecule has 3 N–H and O–H groups in total. The van der Waals surface area contributed by atoms with E-state index in [-0.39, 0.29) is 39.6 Å². The zero-order chi connectivity index (χ0) is 28.5. The van der Waals surface area contributed by atoms with Crippen LogP contribution >= 0.6 is 0 Å². The van der Waals surface area contributed by atoms with E-state index in [1.165, 1.54) is 7.11 Å². The Labute approximate surface area is 231 Å². The third kappa shape index (κ3) is 4.53. The van der Waals surface area contributed by atoms with Crippen molar-refractivity contribution in [3.63, 3.8) is 0 Å². The fourth-order valence-electron chi connectivity index (χ4n) is 10.8. The molecule has 4 aliphatic rings. The summed E-state index contributed by atoms with van der Waals surface area (Å²) in [6, 6.07) is 0. The summed E-state index contributed by atoms with van der Waals surface area (Å²) in [6.45, 7) is 17.6. The third-order valence-corrected chi connectivity index (χ3v) is 13.2. The Morgan fingerprint density at radius 3 is 2.16 bits per heavy atom. The molecule has 0 radical (unpaired) electrons. The Balaban J connectivity index is 1.54. The molecule has 0 amide bonds. The highest BCUT2D eigenvalue weighted by Crippen LogP contribution is 2.75. The van der Waals surface area contributed by atoms with Gasteiger partial charge in [0.05, 0.1) is 24.9 Å². The molecule has 4 rings (SSSR count). The molecule has 0 aliphatic heterocycles. The van der Waals surface area contributed by atoms with Crippen LogP contribution < -0.4 is 0 Å². The van der Waals surface area contributed by atoms with Crippen LogP contribution in [0.5, 0.6) is 0 Å². The summed E-state index contributed by atoms with van der Waals surface area (Å²) in [7, 11) is 1.31. The topological polar surface area (TPSA) is 96.2 Å². The van der Waals surface area contributed by atoms with Crippen LogP contribution in [0.2, 0.25) is 0 Å². The fourth-order valence-corrected chi connectivity index (χ4v) is 10.8. The van der Waals surface area contributed by atoms with Crippen molar-refractivity contribution in [1.82, 2.24) is 0 Å². The third-order valence-electron chi connectivity index (χ3n) is 13.2. The van der Waals surface area contributed by atoms with Crippen LogP contribution in [-0.2, 0) is 9.47 Å². The van der Waals surface area contributed by atoms with E-state index in [2.05, 4.69) is 39.4 Å². The van der Waals surface area contributed by atoms with Gasteiger partial charge in [0.25, 0.3) is 0 Å². The molecule has 6 heteroatoms. The van der Waals surface area contributed by atoms with E-state index in [0.29, 0.717) is 24.7 Å².